The summed E-state index contributed by atoms with van der Waals surface area (Å²) in [5.41, 5.74) is 0.501. The summed E-state index contributed by atoms with van der Waals surface area (Å²) in [5.74, 6) is -1.52. The van der Waals surface area contributed by atoms with Crippen molar-refractivity contribution in [3.05, 3.63) is 50.5 Å². The number of hydrogen-bond donors (Lipinski definition) is 0. The van der Waals surface area contributed by atoms with Crippen LogP contribution >= 0.6 is 11.3 Å². The van der Waals surface area contributed by atoms with E-state index in [0.717, 1.165) is 5.69 Å². The first-order valence-corrected chi connectivity index (χ1v) is 7.11. The van der Waals surface area contributed by atoms with Crippen molar-refractivity contribution in [3.8, 4) is 11.8 Å². The van der Waals surface area contributed by atoms with Crippen molar-refractivity contribution in [3.63, 3.8) is 0 Å². The molecule has 7 nitrogen and oxygen atoms in total. The maximum Gasteiger partial charge on any atom is 0.310 e. The average Bonchev–Trinajstić information content (AvgIpc) is 2.92. The zero-order valence-corrected chi connectivity index (χ0v) is 12.4. The Morgan fingerprint density at radius 2 is 2.27 bits per heavy atom. The average molecular weight is 317 g/mol. The molecule has 0 amide bonds. The van der Waals surface area contributed by atoms with Gasteiger partial charge in [0.1, 0.15) is 11.6 Å². The van der Waals surface area contributed by atoms with Gasteiger partial charge in [0.05, 0.1) is 11.0 Å². The summed E-state index contributed by atoms with van der Waals surface area (Å²) in [6, 6.07) is 7.65. The third kappa shape index (κ3) is 3.45. The number of ketones is 1. The highest BCUT2D eigenvalue weighted by molar-refractivity contribution is 7.09. The van der Waals surface area contributed by atoms with Gasteiger partial charge >= 0.3 is 5.69 Å². The number of nitro groups is 1. The molecule has 2 aromatic rings. The third-order valence-corrected chi connectivity index (χ3v) is 3.79. The minimum absolute atomic E-state index is 0.00661. The second kappa shape index (κ2) is 6.78. The van der Waals surface area contributed by atoms with Crippen molar-refractivity contribution in [2.45, 2.75) is 12.8 Å². The van der Waals surface area contributed by atoms with Crippen LogP contribution in [0.25, 0.3) is 0 Å². The molecule has 0 aliphatic rings. The number of benzene rings is 1. The van der Waals surface area contributed by atoms with E-state index < -0.39 is 23.2 Å². The van der Waals surface area contributed by atoms with Crippen LogP contribution in [0.5, 0.6) is 5.75 Å². The van der Waals surface area contributed by atoms with Crippen molar-refractivity contribution in [2.75, 3.05) is 6.61 Å². The molecule has 0 saturated carbocycles. The number of para-hydroxylation sites is 2. The Kier molecular flexibility index (Phi) is 4.80. The topological polar surface area (TPSA) is 106 Å². The second-order valence-corrected chi connectivity index (χ2v) is 5.26. The van der Waals surface area contributed by atoms with Crippen molar-refractivity contribution in [2.24, 2.45) is 0 Å². The second-order valence-electron chi connectivity index (χ2n) is 4.37. The number of carbonyl (C=O) groups excluding carboxylic acids is 1. The summed E-state index contributed by atoms with van der Waals surface area (Å²) in [5, 5.41) is 22.1. The number of thiazole rings is 1. The number of nitro benzene ring substituents is 1. The van der Waals surface area contributed by atoms with Gasteiger partial charge < -0.3 is 4.74 Å². The Labute approximate surface area is 129 Å². The van der Waals surface area contributed by atoms with Crippen LogP contribution in [0.15, 0.2) is 29.6 Å². The predicted molar refractivity (Wildman–Crippen MR) is 78.8 cm³/mol. The molecule has 0 unspecified atom stereocenters. The Hall–Kier alpha value is -2.79. The summed E-state index contributed by atoms with van der Waals surface area (Å²) in [6.45, 7) is 1.34. The van der Waals surface area contributed by atoms with Crippen LogP contribution in [0, 0.1) is 28.4 Å². The Balaban J connectivity index is 2.10. The fraction of sp³-hybridized carbons (Fsp3) is 0.214. The standard InChI is InChI=1S/C14H11N3O4S/c1-9-8-22-14(16-9)10(6-15)12(18)7-21-13-5-3-2-4-11(13)17(19)20/h2-5,8,10H,7H2,1H3/t10-/m0/s1. The van der Waals surface area contributed by atoms with Crippen molar-refractivity contribution >= 4 is 22.8 Å². The molecular weight excluding hydrogens is 306 g/mol. The summed E-state index contributed by atoms with van der Waals surface area (Å²) in [6.07, 6.45) is 0. The number of ether oxygens (including phenoxy) is 1. The number of Topliss-reactive ketones (excluding diaryl/α,β-unsaturated/α-hetero) is 1. The fourth-order valence-electron chi connectivity index (χ4n) is 1.73. The van der Waals surface area contributed by atoms with Crippen LogP contribution in [0.2, 0.25) is 0 Å². The van der Waals surface area contributed by atoms with Gasteiger partial charge in [0.2, 0.25) is 0 Å². The Bertz CT molecular complexity index is 751. The summed E-state index contributed by atoms with van der Waals surface area (Å²) >= 11 is 1.22. The largest absolute Gasteiger partial charge is 0.479 e. The van der Waals surface area contributed by atoms with E-state index in [1.807, 2.05) is 6.07 Å². The van der Waals surface area contributed by atoms with E-state index in [1.165, 1.54) is 29.5 Å². The molecule has 0 bridgehead atoms. The number of aromatic nitrogens is 1. The van der Waals surface area contributed by atoms with Gasteiger partial charge in [0.25, 0.3) is 0 Å². The van der Waals surface area contributed by atoms with Crippen LogP contribution < -0.4 is 4.74 Å². The highest BCUT2D eigenvalue weighted by atomic mass is 32.1. The number of aryl methyl sites for hydroxylation is 1. The summed E-state index contributed by atoms with van der Waals surface area (Å²) < 4.78 is 5.21. The summed E-state index contributed by atoms with van der Waals surface area (Å²) in [7, 11) is 0. The van der Waals surface area contributed by atoms with Crippen LogP contribution in [0.4, 0.5) is 5.69 Å². The normalized spacial score (nSPS) is 11.5. The van der Waals surface area contributed by atoms with Gasteiger partial charge in [-0.1, -0.05) is 12.1 Å². The Morgan fingerprint density at radius 3 is 2.86 bits per heavy atom. The molecule has 22 heavy (non-hydrogen) atoms. The lowest BCUT2D eigenvalue weighted by molar-refractivity contribution is -0.385. The molecule has 1 atom stereocenters. The highest BCUT2D eigenvalue weighted by Gasteiger charge is 2.24. The Morgan fingerprint density at radius 1 is 1.55 bits per heavy atom. The van der Waals surface area contributed by atoms with Crippen LogP contribution in [0.1, 0.15) is 16.6 Å². The maximum atomic E-state index is 12.1. The van der Waals surface area contributed by atoms with Gasteiger partial charge in [-0.2, -0.15) is 5.26 Å². The highest BCUT2D eigenvalue weighted by Crippen LogP contribution is 2.27. The molecule has 0 spiro atoms. The maximum absolute atomic E-state index is 12.1. The van der Waals surface area contributed by atoms with E-state index in [2.05, 4.69) is 4.98 Å². The molecule has 0 aliphatic carbocycles. The first kappa shape index (κ1) is 15.6. The zero-order chi connectivity index (χ0) is 16.1. The molecule has 0 radical (unpaired) electrons. The van der Waals surface area contributed by atoms with Gasteiger partial charge in [-0.3, -0.25) is 14.9 Å². The van der Waals surface area contributed by atoms with E-state index in [4.69, 9.17) is 10.00 Å². The first-order chi connectivity index (χ1) is 10.5. The third-order valence-electron chi connectivity index (χ3n) is 2.77. The molecule has 0 N–H and O–H groups in total. The van der Waals surface area contributed by atoms with E-state index in [-0.39, 0.29) is 11.4 Å². The number of nitrogens with zero attached hydrogens (tertiary/aromatic N) is 3. The van der Waals surface area contributed by atoms with Crippen LogP contribution in [0.3, 0.4) is 0 Å². The minimum atomic E-state index is -1.03. The fourth-order valence-corrected chi connectivity index (χ4v) is 2.59. The molecule has 1 aromatic carbocycles. The van der Waals surface area contributed by atoms with Crippen molar-refractivity contribution in [1.82, 2.24) is 4.98 Å². The smallest absolute Gasteiger partial charge is 0.310 e. The monoisotopic (exact) mass is 317 g/mol. The van der Waals surface area contributed by atoms with Gasteiger partial charge in [-0.25, -0.2) is 4.98 Å². The van der Waals surface area contributed by atoms with Crippen LogP contribution in [-0.2, 0) is 4.79 Å². The number of hydrogen-bond acceptors (Lipinski definition) is 7. The van der Waals surface area contributed by atoms with Gasteiger partial charge in [-0.15, -0.1) is 11.3 Å². The molecule has 0 saturated heterocycles. The van der Waals surface area contributed by atoms with E-state index >= 15 is 0 Å². The van der Waals surface area contributed by atoms with E-state index in [1.54, 1.807) is 18.4 Å². The molecule has 1 heterocycles. The molecule has 1 aromatic heterocycles. The summed E-state index contributed by atoms with van der Waals surface area (Å²) in [4.78, 5) is 26.5. The number of nitriles is 1. The number of rotatable bonds is 6. The quantitative estimate of drug-likeness (QED) is 0.599. The van der Waals surface area contributed by atoms with E-state index in [9.17, 15) is 14.9 Å². The molecule has 0 aliphatic heterocycles. The van der Waals surface area contributed by atoms with Crippen LogP contribution in [-0.4, -0.2) is 22.3 Å². The molecular formula is C14H11N3O4S. The SMILES string of the molecule is Cc1csc([C@@H](C#N)C(=O)COc2ccccc2[N+](=O)[O-])n1. The molecule has 0 fully saturated rings. The predicted octanol–water partition coefficient (Wildman–Crippen LogP) is 2.62. The molecule has 8 heteroatoms. The lowest BCUT2D eigenvalue weighted by Crippen LogP contribution is -2.19. The van der Waals surface area contributed by atoms with Gasteiger partial charge in [0.15, 0.2) is 17.5 Å². The molecule has 2 rings (SSSR count). The van der Waals surface area contributed by atoms with Gasteiger partial charge in [0, 0.05) is 17.1 Å². The van der Waals surface area contributed by atoms with Crippen molar-refractivity contribution in [1.29, 1.82) is 5.26 Å². The minimum Gasteiger partial charge on any atom is -0.479 e. The molecule has 112 valence electrons. The lowest BCUT2D eigenvalue weighted by atomic mass is 10.1. The van der Waals surface area contributed by atoms with Gasteiger partial charge in [-0.05, 0) is 13.0 Å². The first-order valence-electron chi connectivity index (χ1n) is 6.23. The van der Waals surface area contributed by atoms with E-state index in [0.29, 0.717) is 5.01 Å². The number of carbonyl (C=O) groups is 1. The zero-order valence-electron chi connectivity index (χ0n) is 11.6. The van der Waals surface area contributed by atoms with Crippen molar-refractivity contribution < 1.29 is 14.5 Å². The lowest BCUT2D eigenvalue weighted by Gasteiger charge is -2.08.